The molecule has 0 aromatic heterocycles. The lowest BCUT2D eigenvalue weighted by molar-refractivity contribution is -0.0233. The zero-order valence-corrected chi connectivity index (χ0v) is 18.1. The van der Waals surface area contributed by atoms with Crippen molar-refractivity contribution in [3.05, 3.63) is 12.3 Å². The molecule has 0 aliphatic heterocycles. The average Bonchev–Trinajstić information content (AvgIpc) is 2.70. The van der Waals surface area contributed by atoms with Gasteiger partial charge in [-0.25, -0.2) is 0 Å². The van der Waals surface area contributed by atoms with Gasteiger partial charge in [-0.3, -0.25) is 4.99 Å². The second kappa shape index (κ2) is 14.7. The molecule has 5 nitrogen and oxygen atoms in total. The minimum Gasteiger partial charge on any atom is -0.473 e. The molecule has 0 aromatic carbocycles. The van der Waals surface area contributed by atoms with E-state index in [0.29, 0.717) is 24.6 Å². The van der Waals surface area contributed by atoms with Gasteiger partial charge in [0.2, 0.25) is 0 Å². The minimum absolute atomic E-state index is 0.322. The standard InChI is InChI=1S/C23H43N3O2/c1-20(2)28-19-27-18-12-4-3-11-17-24-23(25-21-13-7-5-8-14-21)26-22-15-9-6-10-16-22/h21-22H,1,3-19H2,2H3,(H2,24,25,26). The van der Waals surface area contributed by atoms with Crippen LogP contribution in [0.4, 0.5) is 0 Å². The Morgan fingerprint density at radius 1 is 0.857 bits per heavy atom. The van der Waals surface area contributed by atoms with E-state index in [4.69, 9.17) is 14.5 Å². The third-order valence-corrected chi connectivity index (χ3v) is 5.75. The van der Waals surface area contributed by atoms with Crippen LogP contribution in [-0.4, -0.2) is 38.0 Å². The Balaban J connectivity index is 1.61. The van der Waals surface area contributed by atoms with Gasteiger partial charge >= 0.3 is 0 Å². The molecule has 0 spiro atoms. The molecule has 2 aliphatic rings. The lowest BCUT2D eigenvalue weighted by Crippen LogP contribution is -2.48. The average molecular weight is 394 g/mol. The number of rotatable bonds is 12. The number of hydrogen-bond donors (Lipinski definition) is 2. The van der Waals surface area contributed by atoms with Crippen molar-refractivity contribution < 1.29 is 9.47 Å². The van der Waals surface area contributed by atoms with Crippen LogP contribution in [0.3, 0.4) is 0 Å². The molecule has 0 aromatic rings. The summed E-state index contributed by atoms with van der Waals surface area (Å²) in [5.41, 5.74) is 0. The Bertz CT molecular complexity index is 419. The highest BCUT2D eigenvalue weighted by Crippen LogP contribution is 2.19. The summed E-state index contributed by atoms with van der Waals surface area (Å²) in [6.45, 7) is 7.51. The molecule has 0 amide bonds. The number of aliphatic imine (C=N–C) groups is 1. The van der Waals surface area contributed by atoms with Crippen LogP contribution in [0, 0.1) is 0 Å². The molecule has 2 fully saturated rings. The van der Waals surface area contributed by atoms with E-state index in [2.05, 4.69) is 17.2 Å². The smallest absolute Gasteiger partial charge is 0.191 e. The van der Waals surface area contributed by atoms with Crippen molar-refractivity contribution in [3.8, 4) is 0 Å². The SMILES string of the molecule is C=C(C)OCOCCCCCCN=C(NC1CCCCC1)NC1CCCCC1. The van der Waals surface area contributed by atoms with Crippen LogP contribution in [0.2, 0.25) is 0 Å². The zero-order chi connectivity index (χ0) is 19.9. The summed E-state index contributed by atoms with van der Waals surface area (Å²) in [7, 11) is 0. The second-order valence-electron chi connectivity index (χ2n) is 8.48. The van der Waals surface area contributed by atoms with E-state index >= 15 is 0 Å². The Hall–Kier alpha value is -1.23. The van der Waals surface area contributed by atoms with Crippen LogP contribution in [0.15, 0.2) is 17.3 Å². The summed E-state index contributed by atoms with van der Waals surface area (Å²) >= 11 is 0. The largest absolute Gasteiger partial charge is 0.473 e. The third-order valence-electron chi connectivity index (χ3n) is 5.75. The van der Waals surface area contributed by atoms with Gasteiger partial charge in [-0.2, -0.15) is 0 Å². The van der Waals surface area contributed by atoms with Crippen molar-refractivity contribution in [2.24, 2.45) is 4.99 Å². The van der Waals surface area contributed by atoms with Gasteiger partial charge < -0.3 is 20.1 Å². The Morgan fingerprint density at radius 2 is 1.43 bits per heavy atom. The molecule has 28 heavy (non-hydrogen) atoms. The fourth-order valence-electron chi connectivity index (χ4n) is 4.08. The minimum atomic E-state index is 0.322. The maximum atomic E-state index is 5.43. The molecule has 2 rings (SSSR count). The molecule has 0 bridgehead atoms. The van der Waals surface area contributed by atoms with E-state index in [1.807, 2.05) is 6.92 Å². The number of hydrogen-bond acceptors (Lipinski definition) is 3. The van der Waals surface area contributed by atoms with Gasteiger partial charge in [0.25, 0.3) is 0 Å². The monoisotopic (exact) mass is 393 g/mol. The summed E-state index contributed by atoms with van der Waals surface area (Å²) < 4.78 is 10.6. The van der Waals surface area contributed by atoms with Crippen molar-refractivity contribution in [2.45, 2.75) is 109 Å². The molecule has 0 radical (unpaired) electrons. The predicted molar refractivity (Wildman–Crippen MR) is 118 cm³/mol. The van der Waals surface area contributed by atoms with Gasteiger partial charge in [-0.05, 0) is 45.4 Å². The maximum Gasteiger partial charge on any atom is 0.191 e. The van der Waals surface area contributed by atoms with E-state index in [-0.39, 0.29) is 0 Å². The highest BCUT2D eigenvalue weighted by molar-refractivity contribution is 5.80. The van der Waals surface area contributed by atoms with Gasteiger partial charge in [0.15, 0.2) is 12.8 Å². The van der Waals surface area contributed by atoms with Crippen LogP contribution < -0.4 is 10.6 Å². The fourth-order valence-corrected chi connectivity index (χ4v) is 4.08. The first-order valence-electron chi connectivity index (χ1n) is 11.7. The number of allylic oxidation sites excluding steroid dienone is 1. The highest BCUT2D eigenvalue weighted by atomic mass is 16.7. The molecule has 0 heterocycles. The van der Waals surface area contributed by atoms with E-state index in [9.17, 15) is 0 Å². The fraction of sp³-hybridized carbons (Fsp3) is 0.870. The molecule has 0 saturated heterocycles. The first-order chi connectivity index (χ1) is 13.7. The molecular formula is C23H43N3O2. The van der Waals surface area contributed by atoms with Crippen LogP contribution in [-0.2, 0) is 9.47 Å². The first kappa shape index (κ1) is 23.1. The number of nitrogens with zero attached hydrogens (tertiary/aromatic N) is 1. The van der Waals surface area contributed by atoms with Gasteiger partial charge in [-0.15, -0.1) is 0 Å². The summed E-state index contributed by atoms with van der Waals surface area (Å²) in [4.78, 5) is 4.91. The van der Waals surface area contributed by atoms with Gasteiger partial charge in [0.05, 0.1) is 12.4 Å². The molecule has 162 valence electrons. The van der Waals surface area contributed by atoms with Gasteiger partial charge in [0.1, 0.15) is 0 Å². The molecular weight excluding hydrogens is 350 g/mol. The number of nitrogens with one attached hydrogen (secondary N) is 2. The van der Waals surface area contributed by atoms with Crippen molar-refractivity contribution in [2.75, 3.05) is 19.9 Å². The zero-order valence-electron chi connectivity index (χ0n) is 18.1. The van der Waals surface area contributed by atoms with Crippen molar-refractivity contribution in [1.29, 1.82) is 0 Å². The van der Waals surface area contributed by atoms with Gasteiger partial charge in [0, 0.05) is 18.6 Å². The molecule has 2 aliphatic carbocycles. The van der Waals surface area contributed by atoms with Crippen LogP contribution in [0.25, 0.3) is 0 Å². The van der Waals surface area contributed by atoms with Crippen molar-refractivity contribution in [3.63, 3.8) is 0 Å². The van der Waals surface area contributed by atoms with Crippen LogP contribution >= 0.6 is 0 Å². The van der Waals surface area contributed by atoms with Crippen LogP contribution in [0.5, 0.6) is 0 Å². The number of ether oxygens (including phenoxy) is 2. The molecule has 0 atom stereocenters. The van der Waals surface area contributed by atoms with Gasteiger partial charge in [-0.1, -0.05) is 57.9 Å². The summed E-state index contributed by atoms with van der Waals surface area (Å²) in [5.74, 6) is 1.77. The molecule has 2 saturated carbocycles. The Morgan fingerprint density at radius 3 is 2.00 bits per heavy atom. The predicted octanol–water partition coefficient (Wildman–Crippen LogP) is 5.27. The Kier molecular flexibility index (Phi) is 12.1. The quantitative estimate of drug-likeness (QED) is 0.156. The lowest BCUT2D eigenvalue weighted by Gasteiger charge is -2.29. The van der Waals surface area contributed by atoms with E-state index in [1.165, 1.54) is 77.0 Å². The third kappa shape index (κ3) is 10.9. The number of guanidine groups is 1. The van der Waals surface area contributed by atoms with E-state index in [1.54, 1.807) is 0 Å². The highest BCUT2D eigenvalue weighted by Gasteiger charge is 2.18. The molecule has 0 unspecified atom stereocenters. The summed E-state index contributed by atoms with van der Waals surface area (Å²) in [5, 5.41) is 7.47. The Labute approximate surface area is 172 Å². The van der Waals surface area contributed by atoms with E-state index in [0.717, 1.165) is 32.0 Å². The van der Waals surface area contributed by atoms with Crippen molar-refractivity contribution >= 4 is 5.96 Å². The lowest BCUT2D eigenvalue weighted by atomic mass is 9.95. The second-order valence-corrected chi connectivity index (χ2v) is 8.48. The summed E-state index contributed by atoms with van der Waals surface area (Å²) in [6, 6.07) is 1.23. The summed E-state index contributed by atoms with van der Waals surface area (Å²) in [6.07, 6.45) is 18.0. The number of unbranched alkanes of at least 4 members (excludes halogenated alkanes) is 3. The maximum absolute atomic E-state index is 5.43. The first-order valence-corrected chi connectivity index (χ1v) is 11.7. The topological polar surface area (TPSA) is 54.9 Å². The van der Waals surface area contributed by atoms with E-state index < -0.39 is 0 Å². The molecule has 5 heteroatoms. The normalized spacial score (nSPS) is 18.5. The van der Waals surface area contributed by atoms with Crippen molar-refractivity contribution in [1.82, 2.24) is 10.6 Å². The molecule has 2 N–H and O–H groups in total. The van der Waals surface area contributed by atoms with Crippen LogP contribution in [0.1, 0.15) is 96.8 Å².